The lowest BCUT2D eigenvalue weighted by Gasteiger charge is -2.15. The first-order valence-electron chi connectivity index (χ1n) is 8.56. The van der Waals surface area contributed by atoms with E-state index in [0.29, 0.717) is 17.4 Å². The molecule has 1 amide bonds. The summed E-state index contributed by atoms with van der Waals surface area (Å²) < 4.78 is 11.0. The number of fused-ring (bicyclic) bond motifs is 1. The molecule has 1 aliphatic rings. The van der Waals surface area contributed by atoms with Gasteiger partial charge in [0.15, 0.2) is 6.61 Å². The molecule has 0 bridgehead atoms. The molecule has 2 aromatic rings. The molecule has 0 atom stereocenters. The highest BCUT2D eigenvalue weighted by Gasteiger charge is 2.18. The molecule has 1 aromatic heterocycles. The van der Waals surface area contributed by atoms with Crippen LogP contribution in [0.5, 0.6) is 5.75 Å². The van der Waals surface area contributed by atoms with E-state index in [-0.39, 0.29) is 18.1 Å². The predicted octanol–water partition coefficient (Wildman–Crippen LogP) is 3.10. The van der Waals surface area contributed by atoms with Crippen molar-refractivity contribution in [3.8, 4) is 5.75 Å². The summed E-state index contributed by atoms with van der Waals surface area (Å²) in [6, 6.07) is 5.44. The maximum atomic E-state index is 12.1. The zero-order valence-corrected chi connectivity index (χ0v) is 14.2. The van der Waals surface area contributed by atoms with Crippen LogP contribution in [-0.2, 0) is 11.2 Å². The number of hydrogen-bond donors (Lipinski definition) is 1. The third kappa shape index (κ3) is 3.61. The summed E-state index contributed by atoms with van der Waals surface area (Å²) in [5.41, 5.74) is 1.96. The summed E-state index contributed by atoms with van der Waals surface area (Å²) in [5.74, 6) is 0.587. The van der Waals surface area contributed by atoms with Crippen molar-refractivity contribution in [3.05, 3.63) is 39.7 Å². The third-order valence-electron chi connectivity index (χ3n) is 4.59. The van der Waals surface area contributed by atoms with Gasteiger partial charge in [0, 0.05) is 17.5 Å². The highest BCUT2D eigenvalue weighted by molar-refractivity contribution is 5.83. The molecule has 1 saturated carbocycles. The van der Waals surface area contributed by atoms with Crippen LogP contribution < -0.4 is 15.7 Å². The number of aryl methyl sites for hydroxylation is 2. The lowest BCUT2D eigenvalue weighted by molar-refractivity contribution is -0.123. The standard InChI is InChI=1S/C19H23NO4/c1-3-13-9-17-15(12(2)8-19(22)24-17)10-16(13)23-11-18(21)20-14-6-4-5-7-14/h8-10,14H,3-7,11H2,1-2H3,(H,20,21). The highest BCUT2D eigenvalue weighted by atomic mass is 16.5. The molecule has 1 fully saturated rings. The average molecular weight is 329 g/mol. The first kappa shape index (κ1) is 16.6. The lowest BCUT2D eigenvalue weighted by Crippen LogP contribution is -2.36. The molecule has 0 radical (unpaired) electrons. The zero-order valence-electron chi connectivity index (χ0n) is 14.2. The van der Waals surface area contributed by atoms with Gasteiger partial charge in [0.05, 0.1) is 0 Å². The Balaban J connectivity index is 1.77. The van der Waals surface area contributed by atoms with Gasteiger partial charge in [0.2, 0.25) is 0 Å². The maximum absolute atomic E-state index is 12.1. The van der Waals surface area contributed by atoms with E-state index in [1.165, 1.54) is 18.9 Å². The van der Waals surface area contributed by atoms with Crippen molar-refractivity contribution < 1.29 is 13.9 Å². The van der Waals surface area contributed by atoms with Crippen LogP contribution >= 0.6 is 0 Å². The monoisotopic (exact) mass is 329 g/mol. The molecular formula is C19H23NO4. The summed E-state index contributed by atoms with van der Waals surface area (Å²) in [6.07, 6.45) is 5.20. The molecule has 0 saturated heterocycles. The summed E-state index contributed by atoms with van der Waals surface area (Å²) >= 11 is 0. The zero-order chi connectivity index (χ0) is 17.1. The van der Waals surface area contributed by atoms with Crippen molar-refractivity contribution in [1.29, 1.82) is 0 Å². The second-order valence-electron chi connectivity index (χ2n) is 6.40. The maximum Gasteiger partial charge on any atom is 0.336 e. The number of ether oxygens (including phenoxy) is 1. The summed E-state index contributed by atoms with van der Waals surface area (Å²) in [4.78, 5) is 23.6. The number of carbonyl (C=O) groups is 1. The number of carbonyl (C=O) groups excluding carboxylic acids is 1. The molecule has 1 heterocycles. The molecule has 128 valence electrons. The highest BCUT2D eigenvalue weighted by Crippen LogP contribution is 2.28. The Labute approximate surface area is 141 Å². The van der Waals surface area contributed by atoms with Gasteiger partial charge >= 0.3 is 5.63 Å². The van der Waals surface area contributed by atoms with Crippen LogP contribution in [0.4, 0.5) is 0 Å². The van der Waals surface area contributed by atoms with E-state index in [4.69, 9.17) is 9.15 Å². The van der Waals surface area contributed by atoms with Gasteiger partial charge in [-0.15, -0.1) is 0 Å². The van der Waals surface area contributed by atoms with Crippen LogP contribution in [0.3, 0.4) is 0 Å². The van der Waals surface area contributed by atoms with Gasteiger partial charge in [-0.1, -0.05) is 19.8 Å². The summed E-state index contributed by atoms with van der Waals surface area (Å²) in [7, 11) is 0. The SMILES string of the molecule is CCc1cc2oc(=O)cc(C)c2cc1OCC(=O)NC1CCCC1. The van der Waals surface area contributed by atoms with Crippen molar-refractivity contribution in [1.82, 2.24) is 5.32 Å². The minimum Gasteiger partial charge on any atom is -0.483 e. The van der Waals surface area contributed by atoms with E-state index in [9.17, 15) is 9.59 Å². The molecular weight excluding hydrogens is 306 g/mol. The van der Waals surface area contributed by atoms with E-state index in [0.717, 1.165) is 35.8 Å². The third-order valence-corrected chi connectivity index (χ3v) is 4.59. The van der Waals surface area contributed by atoms with Gasteiger partial charge in [-0.25, -0.2) is 4.79 Å². The molecule has 5 heteroatoms. The molecule has 0 unspecified atom stereocenters. The second-order valence-corrected chi connectivity index (χ2v) is 6.40. The molecule has 3 rings (SSSR count). The van der Waals surface area contributed by atoms with Crippen LogP contribution in [0, 0.1) is 6.92 Å². The van der Waals surface area contributed by atoms with Gasteiger partial charge in [-0.2, -0.15) is 0 Å². The quantitative estimate of drug-likeness (QED) is 0.856. The van der Waals surface area contributed by atoms with E-state index in [1.807, 2.05) is 26.0 Å². The van der Waals surface area contributed by atoms with Gasteiger partial charge in [0.1, 0.15) is 11.3 Å². The average Bonchev–Trinajstić information content (AvgIpc) is 3.05. The number of benzene rings is 1. The number of nitrogens with one attached hydrogen (secondary N) is 1. The van der Waals surface area contributed by atoms with Crippen molar-refractivity contribution in [2.45, 2.75) is 52.0 Å². The van der Waals surface area contributed by atoms with Gasteiger partial charge in [-0.05, 0) is 49.4 Å². The Kier molecular flexibility index (Phi) is 4.88. The Morgan fingerprint density at radius 2 is 2.04 bits per heavy atom. The molecule has 5 nitrogen and oxygen atoms in total. The van der Waals surface area contributed by atoms with Crippen LogP contribution in [0.2, 0.25) is 0 Å². The smallest absolute Gasteiger partial charge is 0.336 e. The first-order chi connectivity index (χ1) is 11.6. The van der Waals surface area contributed by atoms with E-state index < -0.39 is 0 Å². The number of amides is 1. The number of hydrogen-bond acceptors (Lipinski definition) is 4. The topological polar surface area (TPSA) is 68.5 Å². The summed E-state index contributed by atoms with van der Waals surface area (Å²) in [6.45, 7) is 3.87. The largest absolute Gasteiger partial charge is 0.483 e. The van der Waals surface area contributed by atoms with Gasteiger partial charge < -0.3 is 14.5 Å². The Hall–Kier alpha value is -2.30. The first-order valence-corrected chi connectivity index (χ1v) is 8.56. The molecule has 0 spiro atoms. The molecule has 1 N–H and O–H groups in total. The summed E-state index contributed by atoms with van der Waals surface area (Å²) in [5, 5.41) is 3.85. The van der Waals surface area contributed by atoms with Gasteiger partial charge in [-0.3, -0.25) is 4.79 Å². The predicted molar refractivity (Wildman–Crippen MR) is 92.5 cm³/mol. The molecule has 24 heavy (non-hydrogen) atoms. The normalized spacial score (nSPS) is 14.9. The van der Waals surface area contributed by atoms with Crippen LogP contribution in [0.1, 0.15) is 43.7 Å². The van der Waals surface area contributed by atoms with E-state index >= 15 is 0 Å². The molecule has 0 aliphatic heterocycles. The second kappa shape index (κ2) is 7.07. The van der Waals surface area contributed by atoms with Gasteiger partial charge in [0.25, 0.3) is 5.91 Å². The Morgan fingerprint density at radius 1 is 1.29 bits per heavy atom. The minimum absolute atomic E-state index is 0.00480. The van der Waals surface area contributed by atoms with Crippen LogP contribution in [-0.4, -0.2) is 18.6 Å². The van der Waals surface area contributed by atoms with Crippen molar-refractivity contribution in [2.75, 3.05) is 6.61 Å². The fraction of sp³-hybridized carbons (Fsp3) is 0.474. The fourth-order valence-corrected chi connectivity index (χ4v) is 3.28. The van der Waals surface area contributed by atoms with Crippen LogP contribution in [0.25, 0.3) is 11.0 Å². The fourth-order valence-electron chi connectivity index (χ4n) is 3.28. The lowest BCUT2D eigenvalue weighted by atomic mass is 10.1. The van der Waals surface area contributed by atoms with Crippen molar-refractivity contribution in [2.24, 2.45) is 0 Å². The minimum atomic E-state index is -0.355. The van der Waals surface area contributed by atoms with Crippen molar-refractivity contribution >= 4 is 16.9 Å². The van der Waals surface area contributed by atoms with Crippen LogP contribution in [0.15, 0.2) is 27.4 Å². The van der Waals surface area contributed by atoms with Crippen molar-refractivity contribution in [3.63, 3.8) is 0 Å². The van der Waals surface area contributed by atoms with E-state index in [2.05, 4.69) is 5.32 Å². The van der Waals surface area contributed by atoms with E-state index in [1.54, 1.807) is 0 Å². The molecule has 1 aromatic carbocycles. The molecule has 1 aliphatic carbocycles. The Bertz CT molecular complexity index is 803. The Morgan fingerprint density at radius 3 is 2.75 bits per heavy atom. The number of rotatable bonds is 5.